The van der Waals surface area contributed by atoms with E-state index in [-0.39, 0.29) is 30.7 Å². The minimum atomic E-state index is 0. The summed E-state index contributed by atoms with van der Waals surface area (Å²) < 4.78 is 5.35. The smallest absolute Gasteiger partial charge is 0.226 e. The van der Waals surface area contributed by atoms with Crippen LogP contribution >= 0.6 is 24.8 Å². The number of fused-ring (bicyclic) bond motifs is 4. The maximum Gasteiger partial charge on any atom is 0.226 e. The molecule has 1 N–H and O–H groups in total. The largest absolute Gasteiger partial charge is 0.497 e. The molecular weight excluding hydrogens is 433 g/mol. The van der Waals surface area contributed by atoms with Crippen molar-refractivity contribution in [1.82, 2.24) is 15.1 Å². The second kappa shape index (κ2) is 10.7. The summed E-state index contributed by atoms with van der Waals surface area (Å²) in [6.07, 6.45) is 7.34. The third-order valence-corrected chi connectivity index (χ3v) is 7.84. The van der Waals surface area contributed by atoms with Crippen molar-refractivity contribution >= 4 is 30.7 Å². The van der Waals surface area contributed by atoms with Gasteiger partial charge in [0.25, 0.3) is 0 Å². The van der Waals surface area contributed by atoms with Gasteiger partial charge in [-0.1, -0.05) is 12.1 Å². The van der Waals surface area contributed by atoms with Gasteiger partial charge in [0.1, 0.15) is 5.75 Å². The van der Waals surface area contributed by atoms with Crippen LogP contribution in [0.15, 0.2) is 24.3 Å². The van der Waals surface area contributed by atoms with Crippen molar-refractivity contribution in [3.8, 4) is 5.75 Å². The van der Waals surface area contributed by atoms with Crippen molar-refractivity contribution in [3.63, 3.8) is 0 Å². The van der Waals surface area contributed by atoms with Crippen LogP contribution in [0.1, 0.15) is 50.1 Å². The van der Waals surface area contributed by atoms with Crippen LogP contribution in [-0.2, 0) is 4.79 Å². The van der Waals surface area contributed by atoms with E-state index in [0.29, 0.717) is 29.8 Å². The van der Waals surface area contributed by atoms with Gasteiger partial charge in [0.05, 0.1) is 13.0 Å². The van der Waals surface area contributed by atoms with E-state index in [0.717, 1.165) is 51.3 Å². The number of ether oxygens (including phenoxy) is 1. The van der Waals surface area contributed by atoms with Crippen LogP contribution in [-0.4, -0.2) is 61.6 Å². The van der Waals surface area contributed by atoms with Gasteiger partial charge < -0.3 is 15.0 Å². The fourth-order valence-corrected chi connectivity index (χ4v) is 6.49. The normalized spacial score (nSPS) is 32.8. The van der Waals surface area contributed by atoms with Crippen molar-refractivity contribution in [1.29, 1.82) is 0 Å². The van der Waals surface area contributed by atoms with E-state index in [1.165, 1.54) is 31.2 Å². The molecule has 0 unspecified atom stereocenters. The SMILES string of the molecule is COc1ccc([C@H]2CCC[C@H]3[C@@H]4C[C@@H](CN(C(=O)[C@H]5CCCNC5)C4)CN23)cc1.Cl.Cl. The molecule has 1 aromatic rings. The molecule has 31 heavy (non-hydrogen) atoms. The van der Waals surface area contributed by atoms with Crippen LogP contribution in [0.4, 0.5) is 0 Å². The van der Waals surface area contributed by atoms with E-state index < -0.39 is 0 Å². The zero-order chi connectivity index (χ0) is 19.8. The Hall–Kier alpha value is -1.01. The van der Waals surface area contributed by atoms with Gasteiger partial charge >= 0.3 is 0 Å². The van der Waals surface area contributed by atoms with Gasteiger partial charge in [0.2, 0.25) is 5.91 Å². The average molecular weight is 470 g/mol. The summed E-state index contributed by atoms with van der Waals surface area (Å²) >= 11 is 0. The number of benzene rings is 1. The number of rotatable bonds is 3. The number of carbonyl (C=O) groups excluding carboxylic acids is 1. The molecule has 5 atom stereocenters. The summed E-state index contributed by atoms with van der Waals surface area (Å²) in [6.45, 7) is 5.02. The number of carbonyl (C=O) groups is 1. The number of likely N-dealkylation sites (tertiary alicyclic amines) is 1. The minimum absolute atomic E-state index is 0. The molecule has 2 bridgehead atoms. The Morgan fingerprint density at radius 3 is 2.55 bits per heavy atom. The number of methoxy groups -OCH3 is 1. The van der Waals surface area contributed by atoms with Gasteiger partial charge in [0.15, 0.2) is 0 Å². The molecule has 0 spiro atoms. The topological polar surface area (TPSA) is 44.8 Å². The van der Waals surface area contributed by atoms with Crippen molar-refractivity contribution in [3.05, 3.63) is 29.8 Å². The maximum absolute atomic E-state index is 13.2. The summed E-state index contributed by atoms with van der Waals surface area (Å²) in [5.41, 5.74) is 1.43. The highest BCUT2D eigenvalue weighted by Crippen LogP contribution is 2.44. The Morgan fingerprint density at radius 2 is 1.84 bits per heavy atom. The Balaban J connectivity index is 0.00000136. The monoisotopic (exact) mass is 469 g/mol. The number of halogens is 2. The lowest BCUT2D eigenvalue weighted by molar-refractivity contribution is -0.143. The highest BCUT2D eigenvalue weighted by molar-refractivity contribution is 5.85. The summed E-state index contributed by atoms with van der Waals surface area (Å²) in [5, 5.41) is 3.42. The molecule has 0 aromatic heterocycles. The third-order valence-electron chi connectivity index (χ3n) is 7.84. The van der Waals surface area contributed by atoms with Crippen LogP contribution in [0.5, 0.6) is 5.75 Å². The Kier molecular flexibility index (Phi) is 8.53. The second-order valence-electron chi connectivity index (χ2n) is 9.63. The van der Waals surface area contributed by atoms with Gasteiger partial charge in [0, 0.05) is 38.3 Å². The van der Waals surface area contributed by atoms with Gasteiger partial charge in [-0.3, -0.25) is 9.69 Å². The molecule has 4 aliphatic heterocycles. The number of hydrogen-bond donors (Lipinski definition) is 1. The highest BCUT2D eigenvalue weighted by atomic mass is 35.5. The molecule has 174 valence electrons. The lowest BCUT2D eigenvalue weighted by Gasteiger charge is -2.55. The zero-order valence-electron chi connectivity index (χ0n) is 18.5. The molecule has 4 aliphatic rings. The molecule has 4 fully saturated rings. The number of piperidine rings is 4. The van der Waals surface area contributed by atoms with E-state index in [9.17, 15) is 4.79 Å². The second-order valence-corrected chi connectivity index (χ2v) is 9.63. The number of amides is 1. The van der Waals surface area contributed by atoms with E-state index in [2.05, 4.69) is 39.4 Å². The van der Waals surface area contributed by atoms with Crippen molar-refractivity contribution in [2.24, 2.45) is 17.8 Å². The lowest BCUT2D eigenvalue weighted by atomic mass is 9.73. The van der Waals surface area contributed by atoms with E-state index in [1.54, 1.807) is 7.11 Å². The molecule has 0 radical (unpaired) electrons. The molecule has 4 heterocycles. The first kappa shape index (κ1) is 24.6. The summed E-state index contributed by atoms with van der Waals surface area (Å²) in [7, 11) is 1.73. The van der Waals surface area contributed by atoms with Crippen molar-refractivity contribution < 1.29 is 9.53 Å². The van der Waals surface area contributed by atoms with Crippen molar-refractivity contribution in [2.45, 2.75) is 50.6 Å². The Morgan fingerprint density at radius 1 is 1.03 bits per heavy atom. The summed E-state index contributed by atoms with van der Waals surface area (Å²) in [4.78, 5) is 18.2. The predicted octanol–water partition coefficient (Wildman–Crippen LogP) is 3.91. The van der Waals surface area contributed by atoms with E-state index in [4.69, 9.17) is 4.74 Å². The highest BCUT2D eigenvalue weighted by Gasteiger charge is 2.46. The molecule has 1 amide bonds. The number of nitrogens with one attached hydrogen (secondary N) is 1. The van der Waals surface area contributed by atoms with Gasteiger partial charge in [-0.2, -0.15) is 0 Å². The molecule has 0 saturated carbocycles. The first-order valence-corrected chi connectivity index (χ1v) is 11.6. The number of nitrogens with zero attached hydrogens (tertiary/aromatic N) is 2. The average Bonchev–Trinajstić information content (AvgIpc) is 2.79. The van der Waals surface area contributed by atoms with E-state index in [1.807, 2.05) is 0 Å². The maximum atomic E-state index is 13.2. The van der Waals surface area contributed by atoms with Gasteiger partial charge in [-0.25, -0.2) is 0 Å². The fourth-order valence-electron chi connectivity index (χ4n) is 6.49. The minimum Gasteiger partial charge on any atom is -0.497 e. The van der Waals surface area contributed by atoms with Crippen LogP contribution in [0, 0.1) is 17.8 Å². The summed E-state index contributed by atoms with van der Waals surface area (Å²) in [6, 6.07) is 9.86. The first-order valence-electron chi connectivity index (χ1n) is 11.6. The van der Waals surface area contributed by atoms with Gasteiger partial charge in [-0.15, -0.1) is 24.8 Å². The molecule has 7 heteroatoms. The molecular formula is C24H37Cl2N3O2. The van der Waals surface area contributed by atoms with Crippen LogP contribution in [0.25, 0.3) is 0 Å². The Labute approximate surface area is 199 Å². The third kappa shape index (κ3) is 5.00. The first-order chi connectivity index (χ1) is 14.2. The Bertz CT molecular complexity index is 726. The zero-order valence-corrected chi connectivity index (χ0v) is 20.1. The molecule has 0 aliphatic carbocycles. The molecule has 4 saturated heterocycles. The van der Waals surface area contributed by atoms with Crippen LogP contribution < -0.4 is 10.1 Å². The van der Waals surface area contributed by atoms with Crippen LogP contribution in [0.3, 0.4) is 0 Å². The predicted molar refractivity (Wildman–Crippen MR) is 128 cm³/mol. The van der Waals surface area contributed by atoms with Crippen LogP contribution in [0.2, 0.25) is 0 Å². The molecule has 1 aromatic carbocycles. The molecule has 5 rings (SSSR count). The lowest BCUT2D eigenvalue weighted by Crippen LogP contribution is -2.61. The van der Waals surface area contributed by atoms with Gasteiger partial charge in [-0.05, 0) is 74.6 Å². The fraction of sp³-hybridized carbons (Fsp3) is 0.708. The molecule has 5 nitrogen and oxygen atoms in total. The van der Waals surface area contributed by atoms with E-state index >= 15 is 0 Å². The quantitative estimate of drug-likeness (QED) is 0.728. The summed E-state index contributed by atoms with van der Waals surface area (Å²) in [5.74, 6) is 2.83. The van der Waals surface area contributed by atoms with Crippen molar-refractivity contribution in [2.75, 3.05) is 39.8 Å². The standard InChI is InChI=1S/C24H35N3O2.2ClH/c1-29-21-9-7-18(8-10-21)22-5-2-6-23-20-12-17(15-27(22)23)14-26(16-20)24(28)19-4-3-11-25-13-19;;/h7-10,17,19-20,22-23,25H,2-6,11-16H2,1H3;2*1H/t17-,19-,20+,22+,23-;;/m0../s1. The number of hydrogen-bond acceptors (Lipinski definition) is 4.